The number of nitrogens with one attached hydrogen (secondary N) is 2. The summed E-state index contributed by atoms with van der Waals surface area (Å²) in [6.45, 7) is 4.81. The average Bonchev–Trinajstić information content (AvgIpc) is 3.12. The van der Waals surface area contributed by atoms with Crippen molar-refractivity contribution >= 4 is 5.96 Å². The highest BCUT2D eigenvalue weighted by molar-refractivity contribution is 5.80. The zero-order chi connectivity index (χ0) is 17.6. The smallest absolute Gasteiger partial charge is 0.191 e. The third-order valence-electron chi connectivity index (χ3n) is 4.85. The van der Waals surface area contributed by atoms with Gasteiger partial charge >= 0.3 is 0 Å². The van der Waals surface area contributed by atoms with Crippen LogP contribution in [0.15, 0.2) is 33.8 Å². The molecule has 0 aliphatic heterocycles. The van der Waals surface area contributed by atoms with Gasteiger partial charge in [-0.3, -0.25) is 4.99 Å². The second-order valence-corrected chi connectivity index (χ2v) is 6.67. The molecule has 1 aliphatic rings. The second kappa shape index (κ2) is 8.19. The topological polar surface area (TPSA) is 62.5 Å². The summed E-state index contributed by atoms with van der Waals surface area (Å²) in [4.78, 5) is 4.32. The number of rotatable bonds is 5. The van der Waals surface area contributed by atoms with Crippen LogP contribution >= 0.6 is 0 Å². The van der Waals surface area contributed by atoms with E-state index in [1.807, 2.05) is 6.07 Å². The van der Waals surface area contributed by atoms with Crippen molar-refractivity contribution in [3.05, 3.63) is 52.4 Å². The Labute approximate surface area is 149 Å². The van der Waals surface area contributed by atoms with Crippen LogP contribution in [0.2, 0.25) is 0 Å². The molecule has 1 aliphatic carbocycles. The van der Waals surface area contributed by atoms with Crippen molar-refractivity contribution in [1.82, 2.24) is 15.8 Å². The molecule has 1 aromatic carbocycles. The van der Waals surface area contributed by atoms with E-state index in [1.165, 1.54) is 42.4 Å². The fourth-order valence-corrected chi connectivity index (χ4v) is 3.28. The number of hydrogen-bond donors (Lipinski definition) is 2. The minimum atomic E-state index is 0.194. The molecule has 25 heavy (non-hydrogen) atoms. The van der Waals surface area contributed by atoms with Gasteiger partial charge in [-0.25, -0.2) is 0 Å². The Balaban J connectivity index is 1.59. The van der Waals surface area contributed by atoms with Crippen LogP contribution in [0, 0.1) is 0 Å². The fourth-order valence-electron chi connectivity index (χ4n) is 3.28. The monoisotopic (exact) mass is 340 g/mol. The predicted octanol–water partition coefficient (Wildman–Crippen LogP) is 3.54. The minimum absolute atomic E-state index is 0.194. The van der Waals surface area contributed by atoms with Crippen molar-refractivity contribution in [2.75, 3.05) is 7.05 Å². The minimum Gasteiger partial charge on any atom is -0.359 e. The quantitative estimate of drug-likeness (QED) is 0.645. The van der Waals surface area contributed by atoms with E-state index in [9.17, 15) is 0 Å². The molecule has 0 spiro atoms. The first-order chi connectivity index (χ1) is 12.2. The lowest BCUT2D eigenvalue weighted by atomic mass is 9.89. The lowest BCUT2D eigenvalue weighted by molar-refractivity contribution is 0.374. The molecule has 5 heteroatoms. The zero-order valence-corrected chi connectivity index (χ0v) is 15.4. The average molecular weight is 340 g/mol. The molecule has 2 aromatic rings. The standard InChI is InChI=1S/C20H28N4O/c1-4-18-12-19(25-24-18)13-22-20(21-3)23-14(2)16-10-9-15-7-5-6-8-17(15)11-16/h9-12,14H,4-8,13H2,1-3H3,(H2,21,22,23). The van der Waals surface area contributed by atoms with E-state index in [-0.39, 0.29) is 6.04 Å². The summed E-state index contributed by atoms with van der Waals surface area (Å²) in [5.74, 6) is 1.58. The number of fused-ring (bicyclic) bond motifs is 1. The summed E-state index contributed by atoms with van der Waals surface area (Å²) in [6.07, 6.45) is 5.92. The van der Waals surface area contributed by atoms with E-state index in [0.717, 1.165) is 23.8 Å². The van der Waals surface area contributed by atoms with Crippen LogP contribution in [0.4, 0.5) is 0 Å². The highest BCUT2D eigenvalue weighted by atomic mass is 16.5. The van der Waals surface area contributed by atoms with Gasteiger partial charge in [0.05, 0.1) is 18.3 Å². The summed E-state index contributed by atoms with van der Waals surface area (Å²) in [6, 6.07) is 9.05. The molecule has 0 saturated carbocycles. The number of nitrogens with zero attached hydrogens (tertiary/aromatic N) is 2. The van der Waals surface area contributed by atoms with Crippen LogP contribution < -0.4 is 10.6 Å². The Kier molecular flexibility index (Phi) is 5.74. The van der Waals surface area contributed by atoms with Gasteiger partial charge < -0.3 is 15.2 Å². The molecule has 3 rings (SSSR count). The van der Waals surface area contributed by atoms with Crippen molar-refractivity contribution in [3.63, 3.8) is 0 Å². The van der Waals surface area contributed by atoms with Crippen LogP contribution in [0.5, 0.6) is 0 Å². The third-order valence-corrected chi connectivity index (χ3v) is 4.85. The summed E-state index contributed by atoms with van der Waals surface area (Å²) in [7, 11) is 1.78. The largest absolute Gasteiger partial charge is 0.359 e. The summed E-state index contributed by atoms with van der Waals surface area (Å²) < 4.78 is 5.31. The number of guanidine groups is 1. The molecule has 1 unspecified atom stereocenters. The molecule has 0 radical (unpaired) electrons. The van der Waals surface area contributed by atoms with Gasteiger partial charge in [-0.2, -0.15) is 0 Å². The molecule has 1 heterocycles. The second-order valence-electron chi connectivity index (χ2n) is 6.67. The van der Waals surface area contributed by atoms with Crippen LogP contribution in [0.3, 0.4) is 0 Å². The highest BCUT2D eigenvalue weighted by Crippen LogP contribution is 2.24. The summed E-state index contributed by atoms with van der Waals surface area (Å²) >= 11 is 0. The SMILES string of the molecule is CCc1cc(CNC(=NC)NC(C)c2ccc3c(c2)CCCC3)on1. The van der Waals surface area contributed by atoms with E-state index >= 15 is 0 Å². The van der Waals surface area contributed by atoms with E-state index < -0.39 is 0 Å². The molecule has 134 valence electrons. The lowest BCUT2D eigenvalue weighted by Crippen LogP contribution is -2.38. The van der Waals surface area contributed by atoms with E-state index in [1.54, 1.807) is 7.05 Å². The molecule has 0 bridgehead atoms. The number of aromatic nitrogens is 1. The molecule has 0 fully saturated rings. The first-order valence-corrected chi connectivity index (χ1v) is 9.23. The number of hydrogen-bond acceptors (Lipinski definition) is 3. The molecule has 2 N–H and O–H groups in total. The molecule has 0 amide bonds. The van der Waals surface area contributed by atoms with Crippen molar-refractivity contribution in [2.45, 2.75) is 58.5 Å². The molecule has 5 nitrogen and oxygen atoms in total. The Morgan fingerprint density at radius 1 is 1.24 bits per heavy atom. The number of aliphatic imine (C=N–C) groups is 1. The Bertz CT molecular complexity index is 735. The van der Waals surface area contributed by atoms with Gasteiger partial charge in [0, 0.05) is 13.1 Å². The fraction of sp³-hybridized carbons (Fsp3) is 0.500. The molecular weight excluding hydrogens is 312 g/mol. The van der Waals surface area contributed by atoms with Gasteiger partial charge in [-0.15, -0.1) is 0 Å². The van der Waals surface area contributed by atoms with Gasteiger partial charge in [-0.05, 0) is 55.7 Å². The van der Waals surface area contributed by atoms with Gasteiger partial charge in [0.2, 0.25) is 0 Å². The van der Waals surface area contributed by atoms with Crippen LogP contribution in [0.1, 0.15) is 60.9 Å². The van der Waals surface area contributed by atoms with Gasteiger partial charge in [0.25, 0.3) is 0 Å². The van der Waals surface area contributed by atoms with Crippen molar-refractivity contribution < 1.29 is 4.52 Å². The normalized spacial score (nSPS) is 15.6. The molecular formula is C20H28N4O. The highest BCUT2D eigenvalue weighted by Gasteiger charge is 2.13. The van der Waals surface area contributed by atoms with Crippen molar-refractivity contribution in [1.29, 1.82) is 0 Å². The third kappa shape index (κ3) is 4.41. The van der Waals surface area contributed by atoms with E-state index in [2.05, 4.69) is 52.8 Å². The van der Waals surface area contributed by atoms with Gasteiger partial charge in [-0.1, -0.05) is 30.3 Å². The number of benzene rings is 1. The maximum atomic E-state index is 5.31. The first-order valence-electron chi connectivity index (χ1n) is 9.23. The Morgan fingerprint density at radius 2 is 2.04 bits per heavy atom. The maximum absolute atomic E-state index is 5.31. The number of aryl methyl sites for hydroxylation is 3. The predicted molar refractivity (Wildman–Crippen MR) is 101 cm³/mol. The van der Waals surface area contributed by atoms with Crippen LogP contribution in [0.25, 0.3) is 0 Å². The van der Waals surface area contributed by atoms with Crippen molar-refractivity contribution in [2.24, 2.45) is 4.99 Å². The van der Waals surface area contributed by atoms with E-state index in [0.29, 0.717) is 6.54 Å². The molecule has 0 saturated heterocycles. The first kappa shape index (κ1) is 17.5. The zero-order valence-electron chi connectivity index (χ0n) is 15.4. The molecule has 1 atom stereocenters. The summed E-state index contributed by atoms with van der Waals surface area (Å²) in [5.41, 5.74) is 5.30. The Hall–Kier alpha value is -2.30. The van der Waals surface area contributed by atoms with E-state index in [4.69, 9.17) is 4.52 Å². The summed E-state index contributed by atoms with van der Waals surface area (Å²) in [5, 5.41) is 10.8. The van der Waals surface area contributed by atoms with Gasteiger partial charge in [0.1, 0.15) is 0 Å². The maximum Gasteiger partial charge on any atom is 0.191 e. The lowest BCUT2D eigenvalue weighted by Gasteiger charge is -2.21. The Morgan fingerprint density at radius 3 is 2.76 bits per heavy atom. The van der Waals surface area contributed by atoms with Crippen LogP contribution in [-0.2, 0) is 25.8 Å². The van der Waals surface area contributed by atoms with Gasteiger partial charge in [0.15, 0.2) is 11.7 Å². The molecule has 1 aromatic heterocycles. The van der Waals surface area contributed by atoms with Crippen LogP contribution in [-0.4, -0.2) is 18.2 Å². The van der Waals surface area contributed by atoms with Crippen molar-refractivity contribution in [3.8, 4) is 0 Å².